The second-order valence-corrected chi connectivity index (χ2v) is 5.53. The van der Waals surface area contributed by atoms with Crippen molar-refractivity contribution >= 4 is 17.4 Å². The van der Waals surface area contributed by atoms with Crippen LogP contribution in [-0.2, 0) is 6.42 Å². The number of rotatable bonds is 3. The maximum absolute atomic E-state index is 13.2. The van der Waals surface area contributed by atoms with Crippen LogP contribution in [0.3, 0.4) is 0 Å². The number of carbonyl (C=O) groups is 1. The topological polar surface area (TPSA) is 46.1 Å². The molecule has 0 aliphatic carbocycles. The number of halogens is 1. The Labute approximate surface area is 120 Å². The molecule has 1 aromatic heterocycles. The van der Waals surface area contributed by atoms with E-state index in [0.29, 0.717) is 12.1 Å². The third kappa shape index (κ3) is 2.70. The molecule has 2 aromatic rings. The van der Waals surface area contributed by atoms with Crippen LogP contribution in [0.25, 0.3) is 0 Å². The Balaban J connectivity index is 1.74. The zero-order valence-electron chi connectivity index (χ0n) is 10.8. The van der Waals surface area contributed by atoms with E-state index in [0.717, 1.165) is 24.9 Å². The van der Waals surface area contributed by atoms with Crippen molar-refractivity contribution in [2.75, 3.05) is 6.54 Å². The molecule has 1 aliphatic rings. The molecule has 1 aliphatic heterocycles. The molecule has 0 radical (unpaired) electrons. The predicted octanol–water partition coefficient (Wildman–Crippen LogP) is 2.52. The van der Waals surface area contributed by atoms with Crippen LogP contribution in [-0.4, -0.2) is 33.0 Å². The summed E-state index contributed by atoms with van der Waals surface area (Å²) in [6.07, 6.45) is 2.60. The van der Waals surface area contributed by atoms with Crippen molar-refractivity contribution in [2.45, 2.75) is 25.3 Å². The zero-order valence-corrected chi connectivity index (χ0v) is 11.6. The van der Waals surface area contributed by atoms with Crippen LogP contribution < -0.4 is 0 Å². The number of hydrogen-bond donors (Lipinski definition) is 0. The van der Waals surface area contributed by atoms with Gasteiger partial charge < -0.3 is 4.90 Å². The molecule has 0 N–H and O–H groups in total. The van der Waals surface area contributed by atoms with E-state index in [1.165, 1.54) is 23.7 Å². The van der Waals surface area contributed by atoms with Gasteiger partial charge >= 0.3 is 0 Å². The summed E-state index contributed by atoms with van der Waals surface area (Å²) in [5.41, 5.74) is 1.33. The average Bonchev–Trinajstić information content (AvgIpc) is 3.09. The number of carbonyl (C=O) groups excluding carboxylic acids is 1. The van der Waals surface area contributed by atoms with Gasteiger partial charge in [-0.3, -0.25) is 4.79 Å². The highest BCUT2D eigenvalue weighted by molar-refractivity contribution is 7.03. The summed E-state index contributed by atoms with van der Waals surface area (Å²) in [6, 6.07) is 6.68. The van der Waals surface area contributed by atoms with E-state index >= 15 is 0 Å². The van der Waals surface area contributed by atoms with Crippen molar-refractivity contribution in [2.24, 2.45) is 0 Å². The Hall–Kier alpha value is -1.82. The highest BCUT2D eigenvalue weighted by Gasteiger charge is 2.30. The molecule has 1 aromatic carbocycles. The summed E-state index contributed by atoms with van der Waals surface area (Å²) in [6.45, 7) is 0.732. The van der Waals surface area contributed by atoms with Crippen LogP contribution in [0.15, 0.2) is 29.6 Å². The number of benzene rings is 1. The van der Waals surface area contributed by atoms with Crippen LogP contribution in [0.5, 0.6) is 0 Å². The second-order valence-electron chi connectivity index (χ2n) is 4.92. The lowest BCUT2D eigenvalue weighted by Crippen LogP contribution is -2.37. The van der Waals surface area contributed by atoms with E-state index in [-0.39, 0.29) is 17.8 Å². The van der Waals surface area contributed by atoms with Crippen LogP contribution in [0, 0.1) is 5.82 Å². The third-order valence-electron chi connectivity index (χ3n) is 3.58. The van der Waals surface area contributed by atoms with Gasteiger partial charge in [-0.25, -0.2) is 4.39 Å². The van der Waals surface area contributed by atoms with Gasteiger partial charge in [0.15, 0.2) is 5.69 Å². The Morgan fingerprint density at radius 3 is 3.15 bits per heavy atom. The second kappa shape index (κ2) is 5.66. The molecule has 1 fully saturated rings. The van der Waals surface area contributed by atoms with Gasteiger partial charge in [0.25, 0.3) is 5.91 Å². The monoisotopic (exact) mass is 291 g/mol. The molecular formula is C14H14FN3OS. The van der Waals surface area contributed by atoms with Gasteiger partial charge in [0, 0.05) is 18.0 Å². The van der Waals surface area contributed by atoms with Gasteiger partial charge in [-0.2, -0.15) is 0 Å². The van der Waals surface area contributed by atoms with Crippen molar-refractivity contribution in [3.8, 4) is 0 Å². The minimum Gasteiger partial charge on any atom is -0.334 e. The van der Waals surface area contributed by atoms with Crippen molar-refractivity contribution in [3.63, 3.8) is 0 Å². The van der Waals surface area contributed by atoms with Gasteiger partial charge in [-0.15, -0.1) is 5.10 Å². The number of aromatic nitrogens is 2. The van der Waals surface area contributed by atoms with E-state index in [1.54, 1.807) is 11.4 Å². The van der Waals surface area contributed by atoms with E-state index in [9.17, 15) is 9.18 Å². The summed E-state index contributed by atoms with van der Waals surface area (Å²) in [5.74, 6) is -0.306. The minimum absolute atomic E-state index is 0.0716. The first-order valence-electron chi connectivity index (χ1n) is 6.56. The SMILES string of the molecule is O=C(c1csnn1)N1CCCC1Cc1cccc(F)c1. The number of likely N-dealkylation sites (tertiary alicyclic amines) is 1. The Morgan fingerprint density at radius 1 is 1.50 bits per heavy atom. The fourth-order valence-corrected chi connectivity index (χ4v) is 3.09. The summed E-state index contributed by atoms with van der Waals surface area (Å²) in [5, 5.41) is 5.50. The van der Waals surface area contributed by atoms with E-state index < -0.39 is 0 Å². The molecule has 3 rings (SSSR count). The lowest BCUT2D eigenvalue weighted by molar-refractivity contribution is 0.0730. The highest BCUT2D eigenvalue weighted by Crippen LogP contribution is 2.23. The third-order valence-corrected chi connectivity index (χ3v) is 4.08. The van der Waals surface area contributed by atoms with Crippen molar-refractivity contribution in [1.29, 1.82) is 0 Å². The molecule has 1 amide bonds. The van der Waals surface area contributed by atoms with Crippen LogP contribution in [0.2, 0.25) is 0 Å². The summed E-state index contributed by atoms with van der Waals surface area (Å²) >= 11 is 1.18. The largest absolute Gasteiger partial charge is 0.334 e. The lowest BCUT2D eigenvalue weighted by atomic mass is 10.0. The van der Waals surface area contributed by atoms with Crippen LogP contribution >= 0.6 is 11.5 Å². The maximum atomic E-state index is 13.2. The maximum Gasteiger partial charge on any atom is 0.275 e. The molecule has 6 heteroatoms. The van der Waals surface area contributed by atoms with E-state index in [4.69, 9.17) is 0 Å². The molecule has 2 heterocycles. The highest BCUT2D eigenvalue weighted by atomic mass is 32.1. The van der Waals surface area contributed by atoms with Gasteiger partial charge in [-0.1, -0.05) is 16.6 Å². The standard InChI is InChI=1S/C14H14FN3OS/c15-11-4-1-3-10(7-11)8-12-5-2-6-18(12)14(19)13-9-20-17-16-13/h1,3-4,7,9,12H,2,5-6,8H2. The van der Waals surface area contributed by atoms with Crippen LogP contribution in [0.4, 0.5) is 4.39 Å². The first kappa shape index (κ1) is 13.2. The fraction of sp³-hybridized carbons (Fsp3) is 0.357. The minimum atomic E-state index is -0.234. The quantitative estimate of drug-likeness (QED) is 0.873. The van der Waals surface area contributed by atoms with Crippen molar-refractivity contribution in [3.05, 3.63) is 46.7 Å². The van der Waals surface area contributed by atoms with E-state index in [1.807, 2.05) is 11.0 Å². The fourth-order valence-electron chi connectivity index (χ4n) is 2.66. The normalized spacial score (nSPS) is 18.4. The molecule has 0 saturated carbocycles. The molecular weight excluding hydrogens is 277 g/mol. The van der Waals surface area contributed by atoms with E-state index in [2.05, 4.69) is 9.59 Å². The molecule has 104 valence electrons. The Bertz CT molecular complexity index is 602. The molecule has 1 saturated heterocycles. The average molecular weight is 291 g/mol. The molecule has 0 bridgehead atoms. The summed E-state index contributed by atoms with van der Waals surface area (Å²) in [7, 11) is 0. The Morgan fingerprint density at radius 2 is 2.40 bits per heavy atom. The molecule has 0 spiro atoms. The molecule has 20 heavy (non-hydrogen) atoms. The smallest absolute Gasteiger partial charge is 0.275 e. The Kier molecular flexibility index (Phi) is 3.73. The molecule has 4 nitrogen and oxygen atoms in total. The van der Waals surface area contributed by atoms with Gasteiger partial charge in [0.05, 0.1) is 0 Å². The summed E-state index contributed by atoms with van der Waals surface area (Å²) in [4.78, 5) is 14.2. The first-order valence-corrected chi connectivity index (χ1v) is 7.40. The number of amides is 1. The lowest BCUT2D eigenvalue weighted by Gasteiger charge is -2.23. The molecule has 1 atom stereocenters. The van der Waals surface area contributed by atoms with Gasteiger partial charge in [-0.05, 0) is 48.5 Å². The predicted molar refractivity (Wildman–Crippen MR) is 74.1 cm³/mol. The van der Waals surface area contributed by atoms with Crippen LogP contribution in [0.1, 0.15) is 28.9 Å². The van der Waals surface area contributed by atoms with Gasteiger partial charge in [0.1, 0.15) is 5.82 Å². The first-order chi connectivity index (χ1) is 9.74. The summed E-state index contributed by atoms with van der Waals surface area (Å²) < 4.78 is 17.0. The van der Waals surface area contributed by atoms with Crippen molar-refractivity contribution in [1.82, 2.24) is 14.5 Å². The zero-order chi connectivity index (χ0) is 13.9. The molecule has 1 unspecified atom stereocenters. The number of nitrogens with zero attached hydrogens (tertiary/aromatic N) is 3. The van der Waals surface area contributed by atoms with Crippen molar-refractivity contribution < 1.29 is 9.18 Å². The number of hydrogen-bond acceptors (Lipinski definition) is 4. The van der Waals surface area contributed by atoms with Gasteiger partial charge in [0.2, 0.25) is 0 Å².